The normalized spacial score (nSPS) is 11.3. The Morgan fingerprint density at radius 1 is 0.306 bits per heavy atom. The van der Waals surface area contributed by atoms with Crippen molar-refractivity contribution < 1.29 is 0 Å². The van der Waals surface area contributed by atoms with Gasteiger partial charge >= 0.3 is 0 Å². The number of nitrogens with zero attached hydrogens (tertiary/aromatic N) is 5. The molecule has 0 aliphatic carbocycles. The highest BCUT2D eigenvalue weighted by Gasteiger charge is 2.20. The summed E-state index contributed by atoms with van der Waals surface area (Å²) in [6.07, 6.45) is 0. The number of hydrogen-bond acceptors (Lipinski definition) is 6. The van der Waals surface area contributed by atoms with Crippen molar-refractivity contribution in [1.29, 1.82) is 0 Å². The van der Waals surface area contributed by atoms with Gasteiger partial charge in [0.25, 0.3) is 0 Å². The second-order valence-corrected chi connectivity index (χ2v) is 12.7. The van der Waals surface area contributed by atoms with Gasteiger partial charge in [-0.15, -0.1) is 11.3 Å². The van der Waals surface area contributed by atoms with Crippen LogP contribution in [0.4, 0.5) is 0 Å². The van der Waals surface area contributed by atoms with Crippen molar-refractivity contribution in [3.63, 3.8) is 0 Å². The largest absolute Gasteiger partial charge is 0.226 e. The molecular weight excluding hydrogens is 619 g/mol. The van der Waals surface area contributed by atoms with Gasteiger partial charge in [0.05, 0.1) is 15.9 Å². The number of benzene rings is 6. The fraction of sp³-hybridized carbons (Fsp3) is 0. The summed E-state index contributed by atoms with van der Waals surface area (Å²) in [4.78, 5) is 25.5. The zero-order chi connectivity index (χ0) is 32.6. The van der Waals surface area contributed by atoms with Crippen molar-refractivity contribution >= 4 is 31.6 Å². The predicted octanol–water partition coefficient (Wildman–Crippen LogP) is 11.0. The van der Waals surface area contributed by atoms with Gasteiger partial charge in [-0.3, -0.25) is 0 Å². The Labute approximate surface area is 287 Å². The quantitative estimate of drug-likeness (QED) is 0.180. The van der Waals surface area contributed by atoms with Gasteiger partial charge in [-0.1, -0.05) is 158 Å². The number of hydrogen-bond donors (Lipinski definition) is 0. The molecule has 0 atom stereocenters. The molecule has 230 valence electrons. The van der Waals surface area contributed by atoms with Crippen LogP contribution in [0.15, 0.2) is 164 Å². The third-order valence-electron chi connectivity index (χ3n) is 8.58. The third kappa shape index (κ3) is 5.44. The fourth-order valence-electron chi connectivity index (χ4n) is 6.13. The first-order valence-corrected chi connectivity index (χ1v) is 16.9. The zero-order valence-corrected chi connectivity index (χ0v) is 27.0. The molecule has 9 rings (SSSR count). The maximum absolute atomic E-state index is 5.16. The Morgan fingerprint density at radius 3 is 1.35 bits per heavy atom. The second-order valence-electron chi connectivity index (χ2n) is 11.7. The molecule has 0 amide bonds. The fourth-order valence-corrected chi connectivity index (χ4v) is 7.39. The molecule has 6 aromatic carbocycles. The molecular formula is C43H27N5S. The summed E-state index contributed by atoms with van der Waals surface area (Å²) in [7, 11) is 0. The van der Waals surface area contributed by atoms with Crippen LogP contribution < -0.4 is 0 Å². The molecule has 0 aliphatic rings. The number of rotatable bonds is 6. The van der Waals surface area contributed by atoms with E-state index >= 15 is 0 Å². The van der Waals surface area contributed by atoms with E-state index in [1.54, 1.807) is 11.3 Å². The van der Waals surface area contributed by atoms with E-state index < -0.39 is 0 Å². The SMILES string of the molecule is c1ccc(-c2ccc(-c3nc(-c4ccccc4)nc(-c4cccc5c4sc4c(-c6ccccc6)nc(-c6ccccc6)nc45)n3)cc2)cc1. The minimum Gasteiger partial charge on any atom is -0.226 e. The first kappa shape index (κ1) is 28.8. The van der Waals surface area contributed by atoms with E-state index in [9.17, 15) is 0 Å². The molecule has 0 saturated heterocycles. The zero-order valence-electron chi connectivity index (χ0n) is 26.2. The van der Waals surface area contributed by atoms with E-state index in [-0.39, 0.29) is 0 Å². The summed E-state index contributed by atoms with van der Waals surface area (Å²) >= 11 is 1.69. The lowest BCUT2D eigenvalue weighted by Crippen LogP contribution is -2.00. The van der Waals surface area contributed by atoms with Gasteiger partial charge in [-0.25, -0.2) is 24.9 Å². The van der Waals surface area contributed by atoms with Crippen molar-refractivity contribution in [1.82, 2.24) is 24.9 Å². The molecule has 0 unspecified atom stereocenters. The Bertz CT molecular complexity index is 2570. The number of thiophene rings is 1. The monoisotopic (exact) mass is 645 g/mol. The molecule has 0 radical (unpaired) electrons. The summed E-state index contributed by atoms with van der Waals surface area (Å²) in [6.45, 7) is 0. The summed E-state index contributed by atoms with van der Waals surface area (Å²) in [5.74, 6) is 2.56. The molecule has 5 nitrogen and oxygen atoms in total. The molecule has 0 N–H and O–H groups in total. The van der Waals surface area contributed by atoms with Gasteiger partial charge in [-0.2, -0.15) is 0 Å². The molecule has 3 heterocycles. The van der Waals surface area contributed by atoms with E-state index in [1.807, 2.05) is 72.8 Å². The summed E-state index contributed by atoms with van der Waals surface area (Å²) in [5.41, 5.74) is 8.96. The van der Waals surface area contributed by atoms with Crippen molar-refractivity contribution in [2.24, 2.45) is 0 Å². The lowest BCUT2D eigenvalue weighted by Gasteiger charge is -2.09. The first-order valence-electron chi connectivity index (χ1n) is 16.1. The molecule has 6 heteroatoms. The minimum atomic E-state index is 0.616. The smallest absolute Gasteiger partial charge is 0.165 e. The molecule has 0 spiro atoms. The molecule has 3 aromatic heterocycles. The van der Waals surface area contributed by atoms with Gasteiger partial charge in [0.15, 0.2) is 23.3 Å². The van der Waals surface area contributed by atoms with Crippen LogP contribution in [0.25, 0.3) is 88.2 Å². The van der Waals surface area contributed by atoms with E-state index in [4.69, 9.17) is 24.9 Å². The van der Waals surface area contributed by atoms with Crippen LogP contribution in [0.2, 0.25) is 0 Å². The summed E-state index contributed by atoms with van der Waals surface area (Å²) in [6, 6.07) is 55.7. The highest BCUT2D eigenvalue weighted by Crippen LogP contribution is 2.43. The average Bonchev–Trinajstić information content (AvgIpc) is 3.58. The highest BCUT2D eigenvalue weighted by molar-refractivity contribution is 7.26. The van der Waals surface area contributed by atoms with Crippen LogP contribution in [0, 0.1) is 0 Å². The maximum Gasteiger partial charge on any atom is 0.165 e. The Kier molecular flexibility index (Phi) is 7.26. The average molecular weight is 646 g/mol. The van der Waals surface area contributed by atoms with Gasteiger partial charge in [0.2, 0.25) is 0 Å². The minimum absolute atomic E-state index is 0.616. The van der Waals surface area contributed by atoms with Gasteiger partial charge < -0.3 is 0 Å². The van der Waals surface area contributed by atoms with E-state index in [2.05, 4.69) is 91.0 Å². The Balaban J connectivity index is 1.25. The standard InChI is InChI=1S/C43H27N5S/c1-5-14-28(15-6-1)29-24-26-33(27-25-29)42-46-41(32-20-11-4-12-21-32)47-43(48-42)35-23-13-22-34-37-39(49-38(34)35)36(30-16-7-2-8-17-30)44-40(45-37)31-18-9-3-10-19-31/h1-27H. The molecule has 0 saturated carbocycles. The van der Waals surface area contributed by atoms with Crippen LogP contribution in [0.1, 0.15) is 0 Å². The van der Waals surface area contributed by atoms with Gasteiger partial charge in [0, 0.05) is 37.9 Å². The molecule has 49 heavy (non-hydrogen) atoms. The van der Waals surface area contributed by atoms with Crippen molar-refractivity contribution in [2.75, 3.05) is 0 Å². The summed E-state index contributed by atoms with van der Waals surface area (Å²) < 4.78 is 2.09. The van der Waals surface area contributed by atoms with E-state index in [0.29, 0.717) is 23.3 Å². The van der Waals surface area contributed by atoms with Crippen LogP contribution in [-0.2, 0) is 0 Å². The number of fused-ring (bicyclic) bond motifs is 3. The molecule has 0 fully saturated rings. The first-order chi connectivity index (χ1) is 24.3. The molecule has 9 aromatic rings. The van der Waals surface area contributed by atoms with E-state index in [0.717, 1.165) is 59.4 Å². The molecule has 0 bridgehead atoms. The van der Waals surface area contributed by atoms with Crippen LogP contribution in [0.3, 0.4) is 0 Å². The lowest BCUT2D eigenvalue weighted by molar-refractivity contribution is 1.08. The second kappa shape index (κ2) is 12.3. The summed E-state index contributed by atoms with van der Waals surface area (Å²) in [5, 5.41) is 1.05. The number of aromatic nitrogens is 5. The Morgan fingerprint density at radius 2 is 0.755 bits per heavy atom. The van der Waals surface area contributed by atoms with Crippen molar-refractivity contribution in [3.05, 3.63) is 164 Å². The van der Waals surface area contributed by atoms with E-state index in [1.165, 1.54) is 5.56 Å². The topological polar surface area (TPSA) is 64.5 Å². The predicted molar refractivity (Wildman–Crippen MR) is 201 cm³/mol. The lowest BCUT2D eigenvalue weighted by atomic mass is 10.0. The van der Waals surface area contributed by atoms with Crippen LogP contribution >= 0.6 is 11.3 Å². The molecule has 0 aliphatic heterocycles. The van der Waals surface area contributed by atoms with Crippen molar-refractivity contribution in [3.8, 4) is 67.9 Å². The van der Waals surface area contributed by atoms with Gasteiger partial charge in [0.1, 0.15) is 0 Å². The third-order valence-corrected chi connectivity index (χ3v) is 9.81. The Hall–Kier alpha value is -6.37. The van der Waals surface area contributed by atoms with Gasteiger partial charge in [-0.05, 0) is 17.2 Å². The van der Waals surface area contributed by atoms with Crippen LogP contribution in [0.5, 0.6) is 0 Å². The van der Waals surface area contributed by atoms with Crippen LogP contribution in [-0.4, -0.2) is 24.9 Å². The highest BCUT2D eigenvalue weighted by atomic mass is 32.1. The van der Waals surface area contributed by atoms with Crippen molar-refractivity contribution in [2.45, 2.75) is 0 Å². The maximum atomic E-state index is 5.16.